The first-order chi connectivity index (χ1) is 6.45. The van der Waals surface area contributed by atoms with Crippen molar-refractivity contribution in [3.63, 3.8) is 0 Å². The molecule has 0 radical (unpaired) electrons. The highest BCUT2D eigenvalue weighted by Gasteiger charge is 2.19. The summed E-state index contributed by atoms with van der Waals surface area (Å²) in [7, 11) is 1.54. The van der Waals surface area contributed by atoms with Crippen molar-refractivity contribution in [3.05, 3.63) is 35.1 Å². The minimum Gasteiger partial charge on any atom is -0.386 e. The summed E-state index contributed by atoms with van der Waals surface area (Å²) in [4.78, 5) is 0. The molecule has 1 rings (SSSR count). The predicted octanol–water partition coefficient (Wildman–Crippen LogP) is 2.20. The first kappa shape index (κ1) is 11.1. The van der Waals surface area contributed by atoms with Crippen LogP contribution in [-0.4, -0.2) is 12.2 Å². The van der Waals surface area contributed by atoms with Gasteiger partial charge in [0.05, 0.1) is 12.2 Å². The van der Waals surface area contributed by atoms with E-state index in [1.54, 1.807) is 27.0 Å². The van der Waals surface area contributed by atoms with E-state index >= 15 is 0 Å². The zero-order chi connectivity index (χ0) is 10.8. The zero-order valence-electron chi connectivity index (χ0n) is 8.67. The third-order valence-electron chi connectivity index (χ3n) is 2.03. The minimum atomic E-state index is -0.971. The van der Waals surface area contributed by atoms with Gasteiger partial charge in [0.25, 0.3) is 0 Å². The summed E-state index contributed by atoms with van der Waals surface area (Å²) >= 11 is 0. The maximum Gasteiger partial charge on any atom is 0.123 e. The van der Waals surface area contributed by atoms with Gasteiger partial charge in [0.2, 0.25) is 0 Å². The van der Waals surface area contributed by atoms with Crippen LogP contribution in [0.15, 0.2) is 18.2 Å². The van der Waals surface area contributed by atoms with Crippen molar-refractivity contribution in [2.75, 3.05) is 7.11 Å². The van der Waals surface area contributed by atoms with Crippen LogP contribution in [0.5, 0.6) is 0 Å². The number of methoxy groups -OCH3 is 1. The molecule has 3 heteroatoms. The fourth-order valence-corrected chi connectivity index (χ4v) is 1.43. The average molecular weight is 198 g/mol. The molecule has 1 aromatic carbocycles. The molecule has 0 aliphatic rings. The Morgan fingerprint density at radius 1 is 1.43 bits per heavy atom. The molecule has 1 aromatic rings. The number of hydrogen-bond donors (Lipinski definition) is 1. The molecular weight excluding hydrogens is 183 g/mol. The van der Waals surface area contributed by atoms with E-state index in [0.29, 0.717) is 17.7 Å². The summed E-state index contributed by atoms with van der Waals surface area (Å²) in [6.07, 6.45) is 0. The second kappa shape index (κ2) is 4.07. The summed E-state index contributed by atoms with van der Waals surface area (Å²) in [5.74, 6) is -0.315. The molecule has 78 valence electrons. The Balaban J connectivity index is 3.15. The number of benzene rings is 1. The third-order valence-corrected chi connectivity index (χ3v) is 2.03. The Labute approximate surface area is 83.3 Å². The highest BCUT2D eigenvalue weighted by molar-refractivity contribution is 5.31. The van der Waals surface area contributed by atoms with E-state index in [4.69, 9.17) is 4.74 Å². The summed E-state index contributed by atoms with van der Waals surface area (Å²) in [6, 6.07) is 4.31. The molecule has 2 nitrogen and oxygen atoms in total. The highest BCUT2D eigenvalue weighted by atomic mass is 19.1. The lowest BCUT2D eigenvalue weighted by Gasteiger charge is -2.21. The number of halogens is 1. The van der Waals surface area contributed by atoms with Crippen molar-refractivity contribution in [1.82, 2.24) is 0 Å². The third kappa shape index (κ3) is 2.53. The molecule has 0 amide bonds. The fourth-order valence-electron chi connectivity index (χ4n) is 1.43. The standard InChI is InChI=1S/C11H15FO2/c1-11(2,13)10-5-4-9(12)6-8(10)7-14-3/h4-6,13H,7H2,1-3H3. The van der Waals surface area contributed by atoms with Crippen LogP contribution >= 0.6 is 0 Å². The van der Waals surface area contributed by atoms with Gasteiger partial charge in [0.1, 0.15) is 5.82 Å². The average Bonchev–Trinajstić information content (AvgIpc) is 2.02. The second-order valence-electron chi connectivity index (χ2n) is 3.79. The van der Waals surface area contributed by atoms with Crippen molar-refractivity contribution >= 4 is 0 Å². The molecule has 0 unspecified atom stereocenters. The molecule has 1 N–H and O–H groups in total. The first-order valence-electron chi connectivity index (χ1n) is 4.45. The van der Waals surface area contributed by atoms with Crippen LogP contribution in [0.1, 0.15) is 25.0 Å². The predicted molar refractivity (Wildman–Crippen MR) is 52.4 cm³/mol. The SMILES string of the molecule is COCc1cc(F)ccc1C(C)(C)O. The van der Waals surface area contributed by atoms with Crippen LogP contribution in [0.2, 0.25) is 0 Å². The molecule has 0 aromatic heterocycles. The molecule has 0 heterocycles. The molecule has 0 spiro atoms. The van der Waals surface area contributed by atoms with Gasteiger partial charge in [-0.15, -0.1) is 0 Å². The molecule has 0 saturated carbocycles. The van der Waals surface area contributed by atoms with E-state index in [1.807, 2.05) is 0 Å². The summed E-state index contributed by atoms with van der Waals surface area (Å²) in [5, 5.41) is 9.81. The smallest absolute Gasteiger partial charge is 0.123 e. The molecule has 0 aliphatic heterocycles. The van der Waals surface area contributed by atoms with Crippen molar-refractivity contribution in [2.24, 2.45) is 0 Å². The van der Waals surface area contributed by atoms with Crippen molar-refractivity contribution < 1.29 is 14.2 Å². The zero-order valence-corrected chi connectivity index (χ0v) is 8.67. The van der Waals surface area contributed by atoms with Crippen molar-refractivity contribution in [2.45, 2.75) is 26.1 Å². The van der Waals surface area contributed by atoms with Gasteiger partial charge in [-0.25, -0.2) is 4.39 Å². The van der Waals surface area contributed by atoms with E-state index in [9.17, 15) is 9.50 Å². The number of hydrogen-bond acceptors (Lipinski definition) is 2. The number of ether oxygens (including phenoxy) is 1. The summed E-state index contributed by atoms with van der Waals surface area (Å²) in [5.41, 5.74) is 0.405. The van der Waals surface area contributed by atoms with Crippen molar-refractivity contribution in [1.29, 1.82) is 0 Å². The van der Waals surface area contributed by atoms with E-state index in [0.717, 1.165) is 0 Å². The van der Waals surface area contributed by atoms with Gasteiger partial charge in [-0.2, -0.15) is 0 Å². The van der Waals surface area contributed by atoms with Gasteiger partial charge in [0.15, 0.2) is 0 Å². The molecule has 0 fully saturated rings. The quantitative estimate of drug-likeness (QED) is 0.806. The van der Waals surface area contributed by atoms with E-state index in [-0.39, 0.29) is 5.82 Å². The van der Waals surface area contributed by atoms with Crippen LogP contribution in [0.4, 0.5) is 4.39 Å². The Hall–Kier alpha value is -0.930. The van der Waals surface area contributed by atoms with Crippen molar-refractivity contribution in [3.8, 4) is 0 Å². The molecular formula is C11H15FO2. The van der Waals surface area contributed by atoms with E-state index < -0.39 is 5.60 Å². The lowest BCUT2D eigenvalue weighted by Crippen LogP contribution is -2.18. The van der Waals surface area contributed by atoms with Gasteiger partial charge in [-0.1, -0.05) is 6.07 Å². The Kier molecular flexibility index (Phi) is 3.24. The second-order valence-corrected chi connectivity index (χ2v) is 3.79. The number of rotatable bonds is 3. The van der Waals surface area contributed by atoms with Gasteiger partial charge in [-0.3, -0.25) is 0 Å². The Morgan fingerprint density at radius 2 is 2.07 bits per heavy atom. The molecule has 14 heavy (non-hydrogen) atoms. The Bertz CT molecular complexity index is 316. The van der Waals surface area contributed by atoms with E-state index in [1.165, 1.54) is 12.1 Å². The normalized spacial score (nSPS) is 11.8. The minimum absolute atomic E-state index is 0.303. The highest BCUT2D eigenvalue weighted by Crippen LogP contribution is 2.24. The molecule has 0 atom stereocenters. The summed E-state index contributed by atoms with van der Waals surface area (Å²) in [6.45, 7) is 3.63. The lowest BCUT2D eigenvalue weighted by molar-refractivity contribution is 0.0745. The van der Waals surface area contributed by atoms with Crippen LogP contribution in [0.3, 0.4) is 0 Å². The lowest BCUT2D eigenvalue weighted by atomic mass is 9.93. The van der Waals surface area contributed by atoms with Crippen LogP contribution < -0.4 is 0 Å². The largest absolute Gasteiger partial charge is 0.386 e. The molecule has 0 bridgehead atoms. The van der Waals surface area contributed by atoms with Gasteiger partial charge in [-0.05, 0) is 37.1 Å². The van der Waals surface area contributed by atoms with Crippen LogP contribution in [-0.2, 0) is 16.9 Å². The monoisotopic (exact) mass is 198 g/mol. The topological polar surface area (TPSA) is 29.5 Å². The maximum absolute atomic E-state index is 12.9. The first-order valence-corrected chi connectivity index (χ1v) is 4.45. The van der Waals surface area contributed by atoms with E-state index in [2.05, 4.69) is 0 Å². The van der Waals surface area contributed by atoms with Gasteiger partial charge in [0, 0.05) is 7.11 Å². The van der Waals surface area contributed by atoms with Gasteiger partial charge >= 0.3 is 0 Å². The molecule has 0 aliphatic carbocycles. The number of aliphatic hydroxyl groups is 1. The summed E-state index contributed by atoms with van der Waals surface area (Å²) < 4.78 is 17.9. The fraction of sp³-hybridized carbons (Fsp3) is 0.455. The Morgan fingerprint density at radius 3 is 2.57 bits per heavy atom. The molecule has 0 saturated heterocycles. The van der Waals surface area contributed by atoms with Crippen LogP contribution in [0, 0.1) is 5.82 Å². The van der Waals surface area contributed by atoms with Crippen LogP contribution in [0.25, 0.3) is 0 Å². The maximum atomic E-state index is 12.9. The van der Waals surface area contributed by atoms with Gasteiger partial charge < -0.3 is 9.84 Å².